The maximum absolute atomic E-state index is 13.6. The Balaban J connectivity index is 1.58. The summed E-state index contributed by atoms with van der Waals surface area (Å²) >= 11 is 0. The lowest BCUT2D eigenvalue weighted by Gasteiger charge is -2.27. The Labute approximate surface area is 197 Å². The normalized spacial score (nSPS) is 15.0. The highest BCUT2D eigenvalue weighted by Gasteiger charge is 2.36. The van der Waals surface area contributed by atoms with Crippen molar-refractivity contribution >= 4 is 17.5 Å². The molecule has 1 aliphatic rings. The van der Waals surface area contributed by atoms with E-state index in [1.165, 1.54) is 0 Å². The van der Waals surface area contributed by atoms with Crippen molar-refractivity contribution in [1.29, 1.82) is 0 Å². The van der Waals surface area contributed by atoms with Crippen molar-refractivity contribution in [1.82, 2.24) is 14.8 Å². The summed E-state index contributed by atoms with van der Waals surface area (Å²) in [4.78, 5) is 18.3. The maximum Gasteiger partial charge on any atom is 0.256 e. The van der Waals surface area contributed by atoms with Crippen LogP contribution in [0.15, 0.2) is 76.4 Å². The lowest BCUT2D eigenvalue weighted by molar-refractivity contribution is -0.113. The summed E-state index contributed by atoms with van der Waals surface area (Å²) in [5.74, 6) is 2.75. The van der Waals surface area contributed by atoms with E-state index in [-0.39, 0.29) is 5.91 Å². The minimum atomic E-state index is -0.591. The van der Waals surface area contributed by atoms with Crippen LogP contribution in [0, 0.1) is 13.8 Å². The molecule has 1 unspecified atom stereocenters. The number of fused-ring (bicyclic) bond motifs is 1. The second kappa shape index (κ2) is 8.55. The number of anilines is 2. The summed E-state index contributed by atoms with van der Waals surface area (Å²) in [5, 5.41) is 11.0. The topological polar surface area (TPSA) is 94.2 Å². The van der Waals surface area contributed by atoms with Crippen LogP contribution in [-0.2, 0) is 4.79 Å². The number of nitrogens with one attached hydrogen (secondary N) is 2. The number of nitrogens with zero attached hydrogens (tertiary/aromatic N) is 3. The van der Waals surface area contributed by atoms with Gasteiger partial charge in [-0.3, -0.25) is 4.79 Å². The Morgan fingerprint density at radius 1 is 1.06 bits per heavy atom. The van der Waals surface area contributed by atoms with E-state index in [9.17, 15) is 4.79 Å². The molecular formula is C26H25N5O3. The van der Waals surface area contributed by atoms with Gasteiger partial charge in [0.15, 0.2) is 5.82 Å². The number of furan rings is 1. The number of hydrogen-bond acceptors (Lipinski definition) is 6. The van der Waals surface area contributed by atoms with Gasteiger partial charge in [0.25, 0.3) is 5.91 Å². The van der Waals surface area contributed by atoms with Gasteiger partial charge in [-0.2, -0.15) is 4.98 Å². The van der Waals surface area contributed by atoms with Crippen LogP contribution in [0.25, 0.3) is 11.4 Å². The van der Waals surface area contributed by atoms with Gasteiger partial charge in [0.1, 0.15) is 23.3 Å². The van der Waals surface area contributed by atoms with Gasteiger partial charge in [-0.05, 0) is 45.0 Å². The van der Waals surface area contributed by atoms with E-state index in [1.54, 1.807) is 23.9 Å². The molecule has 8 heteroatoms. The fraction of sp³-hybridized carbons (Fsp3) is 0.192. The molecule has 0 saturated heterocycles. The highest BCUT2D eigenvalue weighted by molar-refractivity contribution is 6.06. The molecule has 1 atom stereocenters. The third kappa shape index (κ3) is 3.83. The predicted octanol–water partition coefficient (Wildman–Crippen LogP) is 5.09. The van der Waals surface area contributed by atoms with Crippen LogP contribution in [0.1, 0.15) is 30.0 Å². The molecule has 0 fully saturated rings. The fourth-order valence-electron chi connectivity index (χ4n) is 4.07. The van der Waals surface area contributed by atoms with Crippen LogP contribution in [0.3, 0.4) is 0 Å². The van der Waals surface area contributed by atoms with Gasteiger partial charge >= 0.3 is 0 Å². The largest absolute Gasteiger partial charge is 0.495 e. The molecule has 4 aromatic rings. The summed E-state index contributed by atoms with van der Waals surface area (Å²) in [6.07, 6.45) is 0. The molecule has 0 aliphatic carbocycles. The quantitative estimate of drug-likeness (QED) is 0.435. The number of methoxy groups -OCH3 is 1. The van der Waals surface area contributed by atoms with Crippen LogP contribution in [-0.4, -0.2) is 27.8 Å². The number of carbonyl (C=O) groups is 1. The lowest BCUT2D eigenvalue weighted by Crippen LogP contribution is -2.31. The van der Waals surface area contributed by atoms with Crippen LogP contribution in [0.4, 0.5) is 11.6 Å². The first kappa shape index (κ1) is 21.5. The highest BCUT2D eigenvalue weighted by atomic mass is 16.5. The minimum Gasteiger partial charge on any atom is -0.495 e. The molecule has 2 aromatic heterocycles. The van der Waals surface area contributed by atoms with E-state index in [2.05, 4.69) is 10.6 Å². The number of aryl methyl sites for hydroxylation is 2. The van der Waals surface area contributed by atoms with Crippen LogP contribution in [0.2, 0.25) is 0 Å². The molecule has 34 heavy (non-hydrogen) atoms. The van der Waals surface area contributed by atoms with Crippen molar-refractivity contribution in [2.45, 2.75) is 26.8 Å². The predicted molar refractivity (Wildman–Crippen MR) is 130 cm³/mol. The fourth-order valence-corrected chi connectivity index (χ4v) is 4.07. The van der Waals surface area contributed by atoms with Crippen molar-refractivity contribution in [2.24, 2.45) is 0 Å². The van der Waals surface area contributed by atoms with Crippen LogP contribution < -0.4 is 15.4 Å². The standard InChI is InChI=1S/C26H25N5O3/c1-15-9-12-18(13-10-15)24-29-26-27-17(3)22(23(31(26)30-24)21-14-11-16(2)34-21)25(32)28-19-7-5-6-8-20(19)33-4/h5-14,23H,1-4H3,(H,28,32)(H,27,29,30). The van der Waals surface area contributed by atoms with Gasteiger partial charge in [0.05, 0.1) is 18.4 Å². The first-order valence-electron chi connectivity index (χ1n) is 11.0. The SMILES string of the molecule is COc1ccccc1NC(=O)C1=C(C)Nc2nc(-c3ccc(C)cc3)nn2C1c1ccc(C)o1. The zero-order valence-corrected chi connectivity index (χ0v) is 19.4. The second-order valence-corrected chi connectivity index (χ2v) is 8.24. The van der Waals surface area contributed by atoms with Gasteiger partial charge < -0.3 is 19.8 Å². The molecule has 8 nitrogen and oxygen atoms in total. The number of hydrogen-bond donors (Lipinski definition) is 2. The smallest absolute Gasteiger partial charge is 0.256 e. The average Bonchev–Trinajstić information content (AvgIpc) is 3.45. The van der Waals surface area contributed by atoms with Gasteiger partial charge in [0, 0.05) is 11.3 Å². The van der Waals surface area contributed by atoms with Crippen LogP contribution in [0.5, 0.6) is 5.75 Å². The number of ether oxygens (including phenoxy) is 1. The molecule has 2 aromatic carbocycles. The Morgan fingerprint density at radius 3 is 2.53 bits per heavy atom. The van der Waals surface area contributed by atoms with E-state index in [1.807, 2.05) is 69.3 Å². The summed E-state index contributed by atoms with van der Waals surface area (Å²) in [5.41, 5.74) is 3.77. The Hall–Kier alpha value is -4.33. The van der Waals surface area contributed by atoms with E-state index >= 15 is 0 Å². The molecule has 2 N–H and O–H groups in total. The van der Waals surface area contributed by atoms with Gasteiger partial charge in [0.2, 0.25) is 5.95 Å². The molecule has 3 heterocycles. The summed E-state index contributed by atoms with van der Waals surface area (Å²) in [6, 6.07) is 18.4. The molecule has 0 radical (unpaired) electrons. The Bertz CT molecular complexity index is 1400. The van der Waals surface area contributed by atoms with E-state index in [0.29, 0.717) is 40.2 Å². The van der Waals surface area contributed by atoms with Crippen molar-refractivity contribution < 1.29 is 13.9 Å². The summed E-state index contributed by atoms with van der Waals surface area (Å²) < 4.78 is 13.1. The number of carbonyl (C=O) groups excluding carboxylic acids is 1. The van der Waals surface area contributed by atoms with Gasteiger partial charge in [-0.1, -0.05) is 42.0 Å². The number of para-hydroxylation sites is 2. The van der Waals surface area contributed by atoms with Crippen molar-refractivity contribution in [3.8, 4) is 17.1 Å². The van der Waals surface area contributed by atoms with Crippen molar-refractivity contribution in [3.63, 3.8) is 0 Å². The van der Waals surface area contributed by atoms with E-state index in [4.69, 9.17) is 19.2 Å². The lowest BCUT2D eigenvalue weighted by atomic mass is 10.00. The monoisotopic (exact) mass is 455 g/mol. The first-order chi connectivity index (χ1) is 16.4. The van der Waals surface area contributed by atoms with E-state index in [0.717, 1.165) is 16.9 Å². The molecule has 5 rings (SSSR count). The minimum absolute atomic E-state index is 0.286. The molecule has 0 bridgehead atoms. The van der Waals surface area contributed by atoms with E-state index < -0.39 is 6.04 Å². The van der Waals surface area contributed by atoms with Crippen molar-refractivity contribution in [3.05, 3.63) is 89.0 Å². The Morgan fingerprint density at radius 2 is 1.82 bits per heavy atom. The zero-order chi connectivity index (χ0) is 23.8. The molecule has 172 valence electrons. The second-order valence-electron chi connectivity index (χ2n) is 8.24. The maximum atomic E-state index is 13.6. The highest BCUT2D eigenvalue weighted by Crippen LogP contribution is 2.38. The molecule has 0 saturated carbocycles. The number of aromatic nitrogens is 3. The van der Waals surface area contributed by atoms with Gasteiger partial charge in [-0.15, -0.1) is 5.10 Å². The van der Waals surface area contributed by atoms with Crippen LogP contribution >= 0.6 is 0 Å². The Kier molecular flexibility index (Phi) is 5.41. The van der Waals surface area contributed by atoms with Gasteiger partial charge in [-0.25, -0.2) is 4.68 Å². The number of benzene rings is 2. The third-order valence-electron chi connectivity index (χ3n) is 5.79. The third-order valence-corrected chi connectivity index (χ3v) is 5.79. The number of rotatable bonds is 5. The molecule has 1 aliphatic heterocycles. The molecule has 0 spiro atoms. The number of amides is 1. The average molecular weight is 456 g/mol. The molecular weight excluding hydrogens is 430 g/mol. The first-order valence-corrected chi connectivity index (χ1v) is 11.0. The molecule has 1 amide bonds. The summed E-state index contributed by atoms with van der Waals surface area (Å²) in [6.45, 7) is 5.76. The number of allylic oxidation sites excluding steroid dienone is 1. The van der Waals surface area contributed by atoms with Crippen molar-refractivity contribution in [2.75, 3.05) is 17.7 Å². The zero-order valence-electron chi connectivity index (χ0n) is 19.4. The summed E-state index contributed by atoms with van der Waals surface area (Å²) in [7, 11) is 1.57.